The van der Waals surface area contributed by atoms with E-state index in [-0.39, 0.29) is 11.8 Å². The molecule has 1 aliphatic rings. The van der Waals surface area contributed by atoms with E-state index in [0.717, 1.165) is 12.8 Å². The van der Waals surface area contributed by atoms with Crippen LogP contribution in [-0.4, -0.2) is 47.6 Å². The number of amides is 2. The van der Waals surface area contributed by atoms with Gasteiger partial charge in [-0.3, -0.25) is 9.59 Å². The summed E-state index contributed by atoms with van der Waals surface area (Å²) >= 11 is 0. The molecule has 0 heterocycles. The van der Waals surface area contributed by atoms with E-state index in [1.165, 1.54) is 4.90 Å². The number of aliphatic hydroxyl groups is 1. The van der Waals surface area contributed by atoms with E-state index in [9.17, 15) is 14.7 Å². The summed E-state index contributed by atoms with van der Waals surface area (Å²) < 4.78 is 0. The van der Waals surface area contributed by atoms with Crippen LogP contribution in [0.1, 0.15) is 33.6 Å². The highest BCUT2D eigenvalue weighted by Gasteiger charge is 2.30. The predicted octanol–water partition coefficient (Wildman–Crippen LogP) is 0.376. The van der Waals surface area contributed by atoms with Gasteiger partial charge in [0.1, 0.15) is 0 Å². The molecule has 2 N–H and O–H groups in total. The molecule has 1 fully saturated rings. The molecule has 0 aliphatic heterocycles. The lowest BCUT2D eigenvalue weighted by Gasteiger charge is -2.29. The number of nitrogens with zero attached hydrogens (tertiary/aromatic N) is 1. The Labute approximate surface area is 109 Å². The molecule has 2 unspecified atom stereocenters. The van der Waals surface area contributed by atoms with Crippen molar-refractivity contribution in [2.75, 3.05) is 13.6 Å². The average Bonchev–Trinajstić information content (AvgIpc) is 3.15. The normalized spacial score (nSPS) is 18.3. The van der Waals surface area contributed by atoms with Gasteiger partial charge in [-0.05, 0) is 25.7 Å². The van der Waals surface area contributed by atoms with Crippen molar-refractivity contribution >= 4 is 11.8 Å². The third kappa shape index (κ3) is 3.98. The molecule has 0 bridgehead atoms. The number of aliphatic hydroxyl groups excluding tert-OH is 1. The first-order valence-corrected chi connectivity index (χ1v) is 6.57. The van der Waals surface area contributed by atoms with Crippen molar-refractivity contribution in [3.8, 4) is 0 Å². The number of hydrogen-bond acceptors (Lipinski definition) is 3. The van der Waals surface area contributed by atoms with E-state index in [4.69, 9.17) is 0 Å². The van der Waals surface area contributed by atoms with Crippen molar-refractivity contribution in [1.82, 2.24) is 10.2 Å². The quantitative estimate of drug-likeness (QED) is 0.721. The van der Waals surface area contributed by atoms with Gasteiger partial charge in [0.15, 0.2) is 6.10 Å². The Morgan fingerprint density at radius 2 is 1.89 bits per heavy atom. The van der Waals surface area contributed by atoms with E-state index in [0.29, 0.717) is 12.5 Å². The molecule has 0 spiro atoms. The maximum atomic E-state index is 11.8. The molecule has 0 aromatic heterocycles. The van der Waals surface area contributed by atoms with Crippen LogP contribution in [0.5, 0.6) is 0 Å². The van der Waals surface area contributed by atoms with Gasteiger partial charge in [0.25, 0.3) is 5.91 Å². The van der Waals surface area contributed by atoms with Gasteiger partial charge < -0.3 is 15.3 Å². The summed E-state index contributed by atoms with van der Waals surface area (Å²) in [6.07, 6.45) is 1.13. The van der Waals surface area contributed by atoms with E-state index < -0.39 is 18.1 Å². The van der Waals surface area contributed by atoms with Crippen LogP contribution in [0.4, 0.5) is 0 Å². The lowest BCUT2D eigenvalue weighted by atomic mass is 10.1. The monoisotopic (exact) mass is 256 g/mol. The van der Waals surface area contributed by atoms with Gasteiger partial charge in [-0.2, -0.15) is 0 Å². The van der Waals surface area contributed by atoms with E-state index >= 15 is 0 Å². The molecule has 18 heavy (non-hydrogen) atoms. The van der Waals surface area contributed by atoms with Crippen LogP contribution in [0.15, 0.2) is 0 Å². The van der Waals surface area contributed by atoms with Gasteiger partial charge >= 0.3 is 0 Å². The van der Waals surface area contributed by atoms with Gasteiger partial charge in [0.05, 0.1) is 6.04 Å². The predicted molar refractivity (Wildman–Crippen MR) is 68.8 cm³/mol. The standard InChI is InChI=1S/C13H24N2O3/c1-8(2)13(18)15(4)9(3)11(16)12(17)14-7-10-5-6-10/h8-11,16H,5-7H2,1-4H3,(H,14,17). The summed E-state index contributed by atoms with van der Waals surface area (Å²) in [5.74, 6) is -0.0278. The first-order valence-electron chi connectivity index (χ1n) is 6.57. The maximum absolute atomic E-state index is 11.8. The fourth-order valence-corrected chi connectivity index (χ4v) is 1.71. The number of likely N-dealkylation sites (N-methyl/N-ethyl adjacent to an activating group) is 1. The highest BCUT2D eigenvalue weighted by atomic mass is 16.3. The highest BCUT2D eigenvalue weighted by molar-refractivity contribution is 5.83. The molecule has 0 saturated heterocycles. The zero-order chi connectivity index (χ0) is 13.9. The number of nitrogens with one attached hydrogen (secondary N) is 1. The molecule has 2 atom stereocenters. The van der Waals surface area contributed by atoms with Gasteiger partial charge in [-0.15, -0.1) is 0 Å². The van der Waals surface area contributed by atoms with Crippen LogP contribution in [0.2, 0.25) is 0 Å². The van der Waals surface area contributed by atoms with Crippen molar-refractivity contribution < 1.29 is 14.7 Å². The minimum Gasteiger partial charge on any atom is -0.381 e. The maximum Gasteiger partial charge on any atom is 0.250 e. The Morgan fingerprint density at radius 1 is 1.33 bits per heavy atom. The van der Waals surface area contributed by atoms with Crippen molar-refractivity contribution in [1.29, 1.82) is 0 Å². The van der Waals surface area contributed by atoms with Crippen LogP contribution >= 0.6 is 0 Å². The Kier molecular flexibility index (Phi) is 5.14. The molecular formula is C13H24N2O3. The zero-order valence-corrected chi connectivity index (χ0v) is 11.6. The molecular weight excluding hydrogens is 232 g/mol. The number of rotatable bonds is 6. The van der Waals surface area contributed by atoms with Gasteiger partial charge in [-0.25, -0.2) is 0 Å². The molecule has 104 valence electrons. The molecule has 5 nitrogen and oxygen atoms in total. The molecule has 0 aromatic rings. The smallest absolute Gasteiger partial charge is 0.250 e. The Bertz CT molecular complexity index is 313. The second-order valence-electron chi connectivity index (χ2n) is 5.48. The van der Waals surface area contributed by atoms with Gasteiger partial charge in [-0.1, -0.05) is 13.8 Å². The molecule has 0 radical (unpaired) electrons. The van der Waals surface area contributed by atoms with Crippen molar-refractivity contribution in [3.63, 3.8) is 0 Å². The van der Waals surface area contributed by atoms with Crippen molar-refractivity contribution in [2.24, 2.45) is 11.8 Å². The Morgan fingerprint density at radius 3 is 2.33 bits per heavy atom. The lowest BCUT2D eigenvalue weighted by Crippen LogP contribution is -2.50. The van der Waals surface area contributed by atoms with Crippen LogP contribution in [0.3, 0.4) is 0 Å². The fourth-order valence-electron chi connectivity index (χ4n) is 1.71. The third-order valence-electron chi connectivity index (χ3n) is 3.44. The molecule has 2 amide bonds. The molecule has 1 aliphatic carbocycles. The fraction of sp³-hybridized carbons (Fsp3) is 0.846. The minimum absolute atomic E-state index is 0.0726. The van der Waals surface area contributed by atoms with E-state index in [2.05, 4.69) is 5.32 Å². The second-order valence-corrected chi connectivity index (χ2v) is 5.48. The molecule has 5 heteroatoms. The van der Waals surface area contributed by atoms with Crippen LogP contribution in [-0.2, 0) is 9.59 Å². The summed E-state index contributed by atoms with van der Waals surface area (Å²) in [5.41, 5.74) is 0. The summed E-state index contributed by atoms with van der Waals surface area (Å²) in [7, 11) is 1.62. The van der Waals surface area contributed by atoms with Crippen LogP contribution in [0.25, 0.3) is 0 Å². The van der Waals surface area contributed by atoms with E-state index in [1.54, 1.807) is 27.8 Å². The van der Waals surface area contributed by atoms with Crippen LogP contribution in [0, 0.1) is 11.8 Å². The van der Waals surface area contributed by atoms with E-state index in [1.807, 2.05) is 0 Å². The first-order chi connectivity index (χ1) is 8.34. The van der Waals surface area contributed by atoms with Crippen molar-refractivity contribution in [3.05, 3.63) is 0 Å². The summed E-state index contributed by atoms with van der Waals surface area (Å²) in [6.45, 7) is 5.91. The largest absolute Gasteiger partial charge is 0.381 e. The lowest BCUT2D eigenvalue weighted by molar-refractivity contribution is -0.141. The molecule has 1 saturated carbocycles. The number of hydrogen-bond donors (Lipinski definition) is 2. The average molecular weight is 256 g/mol. The topological polar surface area (TPSA) is 69.6 Å². The van der Waals surface area contributed by atoms with Gasteiger partial charge in [0, 0.05) is 19.5 Å². The summed E-state index contributed by atoms with van der Waals surface area (Å²) in [5, 5.41) is 12.6. The Hall–Kier alpha value is -1.10. The Balaban J connectivity index is 2.44. The minimum atomic E-state index is -1.17. The van der Waals surface area contributed by atoms with Crippen LogP contribution < -0.4 is 5.32 Å². The number of carbonyl (C=O) groups excluding carboxylic acids is 2. The second kappa shape index (κ2) is 6.18. The molecule has 1 rings (SSSR count). The summed E-state index contributed by atoms with van der Waals surface area (Å²) in [6, 6.07) is -0.515. The summed E-state index contributed by atoms with van der Waals surface area (Å²) in [4.78, 5) is 24.9. The van der Waals surface area contributed by atoms with Gasteiger partial charge in [0.2, 0.25) is 5.91 Å². The molecule has 0 aromatic carbocycles. The SMILES string of the molecule is CC(C)C(=O)N(C)C(C)C(O)C(=O)NCC1CC1. The third-order valence-corrected chi connectivity index (χ3v) is 3.44. The number of carbonyl (C=O) groups is 2. The van der Waals surface area contributed by atoms with Crippen molar-refractivity contribution in [2.45, 2.75) is 45.8 Å². The first kappa shape index (κ1) is 15.0. The zero-order valence-electron chi connectivity index (χ0n) is 11.6. The highest BCUT2D eigenvalue weighted by Crippen LogP contribution is 2.27.